The van der Waals surface area contributed by atoms with E-state index in [1.165, 1.54) is 12.1 Å². The molecule has 0 spiro atoms. The van der Waals surface area contributed by atoms with E-state index in [9.17, 15) is 18.3 Å². The Hall–Kier alpha value is -2.18. The number of hydrogen-bond acceptors (Lipinski definition) is 8. The summed E-state index contributed by atoms with van der Waals surface area (Å²) >= 11 is 1.11. The van der Waals surface area contributed by atoms with Crippen LogP contribution in [0.4, 0.5) is 5.69 Å². The van der Waals surface area contributed by atoms with Crippen molar-refractivity contribution in [2.75, 3.05) is 38.1 Å². The molecule has 1 aliphatic heterocycles. The molecule has 1 aromatic carbocycles. The molecule has 2 aromatic rings. The first-order valence-corrected chi connectivity index (χ1v) is 15.1. The van der Waals surface area contributed by atoms with E-state index in [1.54, 1.807) is 35.4 Å². The van der Waals surface area contributed by atoms with Crippen molar-refractivity contribution >= 4 is 33.0 Å². The number of fused-ring (bicyclic) bond motifs is 1. The highest BCUT2D eigenvalue weighted by Crippen LogP contribution is 2.30. The third kappa shape index (κ3) is 7.90. The molecule has 11 heteroatoms. The summed E-state index contributed by atoms with van der Waals surface area (Å²) in [5.41, 5.74) is 0.507. The van der Waals surface area contributed by atoms with Crippen LogP contribution in [-0.4, -0.2) is 75.9 Å². The van der Waals surface area contributed by atoms with Gasteiger partial charge in [-0.05, 0) is 69.8 Å². The highest BCUT2D eigenvalue weighted by molar-refractivity contribution is 7.94. The number of aliphatic hydroxyl groups is 1. The maximum absolute atomic E-state index is 14.0. The van der Waals surface area contributed by atoms with Crippen molar-refractivity contribution in [3.8, 4) is 5.75 Å². The molecule has 0 unspecified atom stereocenters. The number of nitrogens with one attached hydrogen (secondary N) is 2. The molecule has 3 N–H and O–H groups in total. The van der Waals surface area contributed by atoms with Crippen molar-refractivity contribution in [1.82, 2.24) is 10.2 Å². The van der Waals surface area contributed by atoms with E-state index in [4.69, 9.17) is 9.47 Å². The van der Waals surface area contributed by atoms with Crippen LogP contribution in [0.5, 0.6) is 5.75 Å². The molecular formula is C26H39N3O6S2. The summed E-state index contributed by atoms with van der Waals surface area (Å²) in [4.78, 5) is 15.6. The van der Waals surface area contributed by atoms with E-state index in [2.05, 4.69) is 10.0 Å². The predicted octanol–water partition coefficient (Wildman–Crippen LogP) is 3.56. The van der Waals surface area contributed by atoms with Crippen LogP contribution in [0.3, 0.4) is 0 Å². The third-order valence-corrected chi connectivity index (χ3v) is 9.25. The zero-order valence-corrected chi connectivity index (χ0v) is 23.6. The van der Waals surface area contributed by atoms with Gasteiger partial charge < -0.3 is 24.8 Å². The molecule has 1 aliphatic rings. The number of benzene rings is 1. The van der Waals surface area contributed by atoms with E-state index in [0.29, 0.717) is 25.4 Å². The second kappa shape index (κ2) is 13.6. The van der Waals surface area contributed by atoms with Gasteiger partial charge in [-0.3, -0.25) is 9.52 Å². The van der Waals surface area contributed by atoms with Crippen LogP contribution in [0, 0.1) is 5.92 Å². The highest BCUT2D eigenvalue weighted by atomic mass is 32.2. The number of likely N-dealkylation sites (N-methyl/N-ethyl adjacent to an activating group) is 1. The highest BCUT2D eigenvalue weighted by Gasteiger charge is 2.30. The lowest BCUT2D eigenvalue weighted by Crippen LogP contribution is -2.47. The number of nitrogens with zero attached hydrogens (tertiary/aromatic N) is 1. The molecule has 206 valence electrons. The van der Waals surface area contributed by atoms with E-state index >= 15 is 0 Å². The molecule has 0 radical (unpaired) electrons. The van der Waals surface area contributed by atoms with E-state index in [-0.39, 0.29) is 46.1 Å². The molecule has 0 fully saturated rings. The van der Waals surface area contributed by atoms with E-state index in [0.717, 1.165) is 30.6 Å². The Morgan fingerprint density at radius 2 is 2.03 bits per heavy atom. The maximum atomic E-state index is 14.0. The molecule has 0 aliphatic carbocycles. The van der Waals surface area contributed by atoms with Crippen LogP contribution in [0.25, 0.3) is 0 Å². The molecule has 1 aromatic heterocycles. The van der Waals surface area contributed by atoms with Gasteiger partial charge in [0.05, 0.1) is 30.4 Å². The van der Waals surface area contributed by atoms with Gasteiger partial charge in [-0.2, -0.15) is 0 Å². The third-order valence-electron chi connectivity index (χ3n) is 6.47. The SMILES string of the molecule is CNC[C@@H]1OCCCC[C@H](C)Oc2ccc(NS(=O)(=O)c3cccs3)cc2C(=O)N([C@@H](C)CO)C[C@H]1C. The second-order valence-electron chi connectivity index (χ2n) is 9.61. The lowest BCUT2D eigenvalue weighted by atomic mass is 10.0. The van der Waals surface area contributed by atoms with Gasteiger partial charge in [0, 0.05) is 31.3 Å². The number of aliphatic hydroxyl groups excluding tert-OH is 1. The lowest BCUT2D eigenvalue weighted by molar-refractivity contribution is -0.000450. The first kappa shape index (κ1) is 29.4. The average molecular weight is 554 g/mol. The molecule has 1 amide bonds. The van der Waals surface area contributed by atoms with Gasteiger partial charge in [0.15, 0.2) is 0 Å². The Morgan fingerprint density at radius 1 is 1.24 bits per heavy atom. The van der Waals surface area contributed by atoms with E-state index < -0.39 is 16.1 Å². The summed E-state index contributed by atoms with van der Waals surface area (Å²) in [5.74, 6) is 0.0321. The number of sulfonamides is 1. The summed E-state index contributed by atoms with van der Waals surface area (Å²) in [7, 11) is -1.92. The zero-order chi connectivity index (χ0) is 27.0. The molecule has 2 heterocycles. The molecule has 0 bridgehead atoms. The fourth-order valence-corrected chi connectivity index (χ4v) is 6.34. The minimum Gasteiger partial charge on any atom is -0.490 e. The van der Waals surface area contributed by atoms with Crippen LogP contribution < -0.4 is 14.8 Å². The number of hydrogen-bond donors (Lipinski definition) is 3. The standard InChI is InChI=1S/C26H39N3O6S2/c1-18-16-29(19(2)17-30)26(31)22-14-21(28-37(32,33)25-9-7-13-36-25)10-11-23(22)35-20(3)8-5-6-12-34-24(18)15-27-4/h7,9-11,13-14,18-20,24,27-28,30H,5-6,8,12,15-17H2,1-4H3/t18-,19+,20+,24+/m1/s1. The Labute approximate surface area is 224 Å². The van der Waals surface area contributed by atoms with Gasteiger partial charge >= 0.3 is 0 Å². The van der Waals surface area contributed by atoms with Crippen molar-refractivity contribution < 1.29 is 27.8 Å². The topological polar surface area (TPSA) is 117 Å². The van der Waals surface area contributed by atoms with Gasteiger partial charge in [0.2, 0.25) is 0 Å². The molecule has 37 heavy (non-hydrogen) atoms. The van der Waals surface area contributed by atoms with Crippen molar-refractivity contribution in [2.24, 2.45) is 5.92 Å². The first-order valence-electron chi connectivity index (χ1n) is 12.7. The number of ether oxygens (including phenoxy) is 2. The summed E-state index contributed by atoms with van der Waals surface area (Å²) < 4.78 is 40.8. The Bertz CT molecular complexity index is 1110. The minimum atomic E-state index is -3.79. The Morgan fingerprint density at radius 3 is 2.70 bits per heavy atom. The molecule has 3 rings (SSSR count). The van der Waals surface area contributed by atoms with Crippen LogP contribution >= 0.6 is 11.3 Å². The quantitative estimate of drug-likeness (QED) is 0.480. The lowest BCUT2D eigenvalue weighted by Gasteiger charge is -2.34. The first-order chi connectivity index (χ1) is 17.7. The number of anilines is 1. The number of amides is 1. The number of rotatable bonds is 7. The zero-order valence-electron chi connectivity index (χ0n) is 22.0. The largest absolute Gasteiger partial charge is 0.490 e. The van der Waals surface area contributed by atoms with Crippen molar-refractivity contribution in [3.63, 3.8) is 0 Å². The predicted molar refractivity (Wildman–Crippen MR) is 146 cm³/mol. The summed E-state index contributed by atoms with van der Waals surface area (Å²) in [6, 6.07) is 7.49. The van der Waals surface area contributed by atoms with Gasteiger partial charge in [-0.1, -0.05) is 13.0 Å². The van der Waals surface area contributed by atoms with Gasteiger partial charge in [-0.25, -0.2) is 8.42 Å². The second-order valence-corrected chi connectivity index (χ2v) is 12.5. The monoisotopic (exact) mass is 553 g/mol. The molecule has 0 saturated carbocycles. The summed E-state index contributed by atoms with van der Waals surface area (Å²) in [5, 5.41) is 14.8. The fourth-order valence-electron chi connectivity index (χ4n) is 4.30. The van der Waals surface area contributed by atoms with Crippen LogP contribution in [0.2, 0.25) is 0 Å². The normalized spacial score (nSPS) is 23.0. The molecular weight excluding hydrogens is 514 g/mol. The summed E-state index contributed by atoms with van der Waals surface area (Å²) in [6.45, 7) is 7.17. The van der Waals surface area contributed by atoms with Crippen molar-refractivity contribution in [1.29, 1.82) is 0 Å². The Balaban J connectivity index is 2.01. The van der Waals surface area contributed by atoms with Crippen LogP contribution in [0.1, 0.15) is 50.4 Å². The number of thiophene rings is 1. The van der Waals surface area contributed by atoms with Gasteiger partial charge in [0.25, 0.3) is 15.9 Å². The van der Waals surface area contributed by atoms with Crippen LogP contribution in [0.15, 0.2) is 39.9 Å². The molecule has 4 atom stereocenters. The summed E-state index contributed by atoms with van der Waals surface area (Å²) in [6.07, 6.45) is 2.33. The van der Waals surface area contributed by atoms with Gasteiger partial charge in [0.1, 0.15) is 9.96 Å². The van der Waals surface area contributed by atoms with E-state index in [1.807, 2.05) is 20.9 Å². The fraction of sp³-hybridized carbons (Fsp3) is 0.577. The van der Waals surface area contributed by atoms with Gasteiger partial charge in [-0.15, -0.1) is 11.3 Å². The van der Waals surface area contributed by atoms with Crippen LogP contribution in [-0.2, 0) is 14.8 Å². The Kier molecular flexibility index (Phi) is 10.8. The maximum Gasteiger partial charge on any atom is 0.271 e. The molecule has 0 saturated heterocycles. The average Bonchev–Trinajstić information content (AvgIpc) is 3.42. The smallest absolute Gasteiger partial charge is 0.271 e. The molecule has 9 nitrogen and oxygen atoms in total. The van der Waals surface area contributed by atoms with Crippen molar-refractivity contribution in [2.45, 2.75) is 62.5 Å². The van der Waals surface area contributed by atoms with Crippen molar-refractivity contribution in [3.05, 3.63) is 41.3 Å². The number of carbonyl (C=O) groups excluding carboxylic acids is 1. The minimum absolute atomic E-state index is 0.0165. The number of carbonyl (C=O) groups is 1.